The molecule has 0 spiro atoms. The zero-order chi connectivity index (χ0) is 24.6. The minimum Gasteiger partial charge on any atom is -0.339 e. The number of anilines is 2. The molecular weight excluding hydrogens is 462 g/mol. The largest absolute Gasteiger partial charge is 0.339 e. The van der Waals surface area contributed by atoms with Gasteiger partial charge in [-0.1, -0.05) is 24.3 Å². The van der Waals surface area contributed by atoms with E-state index in [4.69, 9.17) is 0 Å². The van der Waals surface area contributed by atoms with Crippen LogP contribution in [0, 0.1) is 0 Å². The molecule has 180 valence electrons. The molecule has 8 heteroatoms. The predicted octanol–water partition coefficient (Wildman–Crippen LogP) is 4.31. The van der Waals surface area contributed by atoms with Gasteiger partial charge in [-0.2, -0.15) is 0 Å². The van der Waals surface area contributed by atoms with Gasteiger partial charge in [0, 0.05) is 35.9 Å². The fourth-order valence-electron chi connectivity index (χ4n) is 4.82. The Balaban J connectivity index is 1.33. The van der Waals surface area contributed by atoms with Crippen LogP contribution in [0.3, 0.4) is 0 Å². The van der Waals surface area contributed by atoms with Crippen LogP contribution in [0.25, 0.3) is 0 Å². The van der Waals surface area contributed by atoms with Gasteiger partial charge in [-0.15, -0.1) is 0 Å². The number of hydrogen-bond acceptors (Lipinski definition) is 4. The summed E-state index contributed by atoms with van der Waals surface area (Å²) in [6.07, 6.45) is 2.70. The maximum atomic E-state index is 13.5. The lowest BCUT2D eigenvalue weighted by atomic mass is 10.1. The van der Waals surface area contributed by atoms with E-state index in [0.717, 1.165) is 31.5 Å². The van der Waals surface area contributed by atoms with Gasteiger partial charge in [0.25, 0.3) is 21.8 Å². The molecule has 0 bridgehead atoms. The van der Waals surface area contributed by atoms with E-state index in [9.17, 15) is 18.0 Å². The first-order chi connectivity index (χ1) is 16.8. The second-order valence-electron chi connectivity index (χ2n) is 9.04. The Morgan fingerprint density at radius 3 is 2.34 bits per heavy atom. The number of nitrogens with zero attached hydrogens (tertiary/aromatic N) is 2. The number of fused-ring (bicyclic) bond motifs is 1. The summed E-state index contributed by atoms with van der Waals surface area (Å²) in [5.41, 5.74) is 3.02. The zero-order valence-corrected chi connectivity index (χ0v) is 20.3. The number of nitrogens with one attached hydrogen (secondary N) is 1. The Morgan fingerprint density at radius 2 is 1.60 bits per heavy atom. The minimum absolute atomic E-state index is 0.00370. The van der Waals surface area contributed by atoms with Crippen molar-refractivity contribution in [1.82, 2.24) is 4.90 Å². The van der Waals surface area contributed by atoms with Crippen LogP contribution in [0.4, 0.5) is 11.4 Å². The van der Waals surface area contributed by atoms with Crippen LogP contribution >= 0.6 is 0 Å². The summed E-state index contributed by atoms with van der Waals surface area (Å²) in [4.78, 5) is 27.3. The van der Waals surface area contributed by atoms with Gasteiger partial charge in [-0.05, 0) is 80.3 Å². The fraction of sp³-hybridized carbons (Fsp3) is 0.259. The summed E-state index contributed by atoms with van der Waals surface area (Å²) in [5.74, 6) is -0.425. The lowest BCUT2D eigenvalue weighted by molar-refractivity contribution is 0.0792. The molecule has 0 radical (unpaired) electrons. The normalized spacial score (nSPS) is 17.3. The number of carbonyl (C=O) groups excluding carboxylic acids is 2. The molecule has 35 heavy (non-hydrogen) atoms. The molecule has 1 atom stereocenters. The van der Waals surface area contributed by atoms with Crippen molar-refractivity contribution in [3.63, 3.8) is 0 Å². The molecule has 0 aromatic heterocycles. The van der Waals surface area contributed by atoms with E-state index in [-0.39, 0.29) is 22.4 Å². The molecule has 0 aliphatic carbocycles. The standard InChI is InChI=1S/C27H27N3O4S/c1-19-17-21-7-2-3-10-25(21)30(19)35(33,34)24-9-6-8-22(18-24)26(31)28-23-13-11-20(12-14-23)27(32)29-15-4-5-16-29/h2-3,6-14,18-19H,4-5,15-17H2,1H3,(H,28,31). The first kappa shape index (κ1) is 23.1. The Kier molecular flexibility index (Phi) is 6.06. The van der Waals surface area contributed by atoms with Crippen molar-refractivity contribution in [2.24, 2.45) is 0 Å². The predicted molar refractivity (Wildman–Crippen MR) is 135 cm³/mol. The average Bonchev–Trinajstić information content (AvgIpc) is 3.52. The molecule has 0 saturated carbocycles. The summed E-state index contributed by atoms with van der Waals surface area (Å²) < 4.78 is 28.5. The Bertz CT molecular complexity index is 1380. The van der Waals surface area contributed by atoms with Crippen LogP contribution in [0.2, 0.25) is 0 Å². The highest BCUT2D eigenvalue weighted by Crippen LogP contribution is 2.36. The number of sulfonamides is 1. The van der Waals surface area contributed by atoms with Gasteiger partial charge in [-0.25, -0.2) is 8.42 Å². The SMILES string of the molecule is CC1Cc2ccccc2N1S(=O)(=O)c1cccc(C(=O)Nc2ccc(C(=O)N3CCCC3)cc2)c1. The quantitative estimate of drug-likeness (QED) is 0.579. The van der Waals surface area contributed by atoms with Crippen molar-refractivity contribution in [1.29, 1.82) is 0 Å². The zero-order valence-electron chi connectivity index (χ0n) is 19.5. The topological polar surface area (TPSA) is 86.8 Å². The molecule has 2 aliphatic rings. The van der Waals surface area contributed by atoms with Crippen molar-refractivity contribution >= 4 is 33.2 Å². The Morgan fingerprint density at radius 1 is 0.886 bits per heavy atom. The number of amides is 2. The van der Waals surface area contributed by atoms with Gasteiger partial charge in [0.05, 0.1) is 10.6 Å². The van der Waals surface area contributed by atoms with Gasteiger partial charge in [0.15, 0.2) is 0 Å². The van der Waals surface area contributed by atoms with Crippen molar-refractivity contribution in [3.8, 4) is 0 Å². The van der Waals surface area contributed by atoms with Crippen LogP contribution in [0.15, 0.2) is 77.7 Å². The first-order valence-corrected chi connectivity index (χ1v) is 13.2. The van der Waals surface area contributed by atoms with Gasteiger partial charge >= 0.3 is 0 Å². The summed E-state index contributed by atoms with van der Waals surface area (Å²) in [6, 6.07) is 20.1. The molecule has 1 unspecified atom stereocenters. The van der Waals surface area contributed by atoms with E-state index in [1.807, 2.05) is 36.1 Å². The van der Waals surface area contributed by atoms with Crippen LogP contribution in [-0.2, 0) is 16.4 Å². The van der Waals surface area contributed by atoms with Crippen LogP contribution in [0.5, 0.6) is 0 Å². The summed E-state index contributed by atoms with van der Waals surface area (Å²) in [6.45, 7) is 3.43. The molecule has 3 aromatic rings. The summed E-state index contributed by atoms with van der Waals surface area (Å²) in [7, 11) is -3.84. The highest BCUT2D eigenvalue weighted by atomic mass is 32.2. The maximum Gasteiger partial charge on any atom is 0.264 e. The monoisotopic (exact) mass is 489 g/mol. The Hall–Kier alpha value is -3.65. The van der Waals surface area contributed by atoms with Gasteiger partial charge in [0.2, 0.25) is 0 Å². The van der Waals surface area contributed by atoms with Crippen LogP contribution in [0.1, 0.15) is 46.0 Å². The van der Waals surface area contributed by atoms with Crippen molar-refractivity contribution < 1.29 is 18.0 Å². The molecule has 5 rings (SSSR count). The molecule has 1 N–H and O–H groups in total. The first-order valence-electron chi connectivity index (χ1n) is 11.8. The molecule has 3 aromatic carbocycles. The number of para-hydroxylation sites is 1. The highest BCUT2D eigenvalue weighted by molar-refractivity contribution is 7.92. The minimum atomic E-state index is -3.84. The summed E-state index contributed by atoms with van der Waals surface area (Å²) in [5, 5.41) is 2.79. The lowest BCUT2D eigenvalue weighted by Crippen LogP contribution is -2.35. The van der Waals surface area contributed by atoms with Crippen LogP contribution < -0.4 is 9.62 Å². The third kappa shape index (κ3) is 4.41. The van der Waals surface area contributed by atoms with Gasteiger partial charge < -0.3 is 10.2 Å². The molecule has 1 fully saturated rings. The molecule has 7 nitrogen and oxygen atoms in total. The molecule has 2 aliphatic heterocycles. The number of benzene rings is 3. The van der Waals surface area contributed by atoms with E-state index < -0.39 is 15.9 Å². The number of rotatable bonds is 5. The molecule has 1 saturated heterocycles. The van der Waals surface area contributed by atoms with E-state index in [1.165, 1.54) is 16.4 Å². The van der Waals surface area contributed by atoms with E-state index in [2.05, 4.69) is 5.32 Å². The smallest absolute Gasteiger partial charge is 0.264 e. The lowest BCUT2D eigenvalue weighted by Gasteiger charge is -2.24. The van der Waals surface area contributed by atoms with Gasteiger partial charge in [0.1, 0.15) is 0 Å². The second-order valence-corrected chi connectivity index (χ2v) is 10.9. The van der Waals surface area contributed by atoms with Gasteiger partial charge in [-0.3, -0.25) is 13.9 Å². The molecular formula is C27H27N3O4S. The highest BCUT2D eigenvalue weighted by Gasteiger charge is 2.36. The van der Waals surface area contributed by atoms with Crippen molar-refractivity contribution in [2.75, 3.05) is 22.7 Å². The third-order valence-corrected chi connectivity index (χ3v) is 8.50. The number of hydrogen-bond donors (Lipinski definition) is 1. The second kappa shape index (κ2) is 9.19. The average molecular weight is 490 g/mol. The summed E-state index contributed by atoms with van der Waals surface area (Å²) >= 11 is 0. The van der Waals surface area contributed by atoms with Crippen LogP contribution in [-0.4, -0.2) is 44.3 Å². The number of likely N-dealkylation sites (tertiary alicyclic amines) is 1. The molecule has 2 amide bonds. The fourth-order valence-corrected chi connectivity index (χ4v) is 6.56. The van der Waals surface area contributed by atoms with E-state index >= 15 is 0 Å². The molecule has 2 heterocycles. The van der Waals surface area contributed by atoms with E-state index in [0.29, 0.717) is 23.4 Å². The Labute approximate surface area is 205 Å². The number of carbonyl (C=O) groups is 2. The van der Waals surface area contributed by atoms with Crippen molar-refractivity contribution in [2.45, 2.75) is 37.1 Å². The third-order valence-electron chi connectivity index (χ3n) is 6.58. The van der Waals surface area contributed by atoms with E-state index in [1.54, 1.807) is 36.4 Å². The maximum absolute atomic E-state index is 13.5. The van der Waals surface area contributed by atoms with Crippen molar-refractivity contribution in [3.05, 3.63) is 89.5 Å².